The van der Waals surface area contributed by atoms with Crippen molar-refractivity contribution in [2.45, 2.75) is 38.8 Å². The van der Waals surface area contributed by atoms with Gasteiger partial charge in [0.2, 0.25) is 0 Å². The second-order valence-electron chi connectivity index (χ2n) is 4.52. The van der Waals surface area contributed by atoms with E-state index in [0.717, 1.165) is 24.8 Å². The van der Waals surface area contributed by atoms with Crippen molar-refractivity contribution in [3.8, 4) is 0 Å². The Labute approximate surface area is 102 Å². The molecule has 3 heteroatoms. The molecule has 1 aromatic carbocycles. The van der Waals surface area contributed by atoms with E-state index in [9.17, 15) is 4.39 Å². The number of unbranched alkanes of at least 4 members (excludes halogenated alkanes) is 1. The summed E-state index contributed by atoms with van der Waals surface area (Å²) >= 11 is 6.12. The molecule has 0 fully saturated rings. The topological polar surface area (TPSA) is 26.0 Å². The number of alkyl halides is 1. The summed E-state index contributed by atoms with van der Waals surface area (Å²) in [6.07, 6.45) is 2.92. The van der Waals surface area contributed by atoms with Crippen molar-refractivity contribution in [3.05, 3.63) is 34.3 Å². The highest BCUT2D eigenvalue weighted by molar-refractivity contribution is 6.31. The minimum absolute atomic E-state index is 0.625. The Morgan fingerprint density at radius 3 is 2.50 bits per heavy atom. The highest BCUT2D eigenvalue weighted by Gasteiger charge is 2.19. The monoisotopic (exact) mass is 243 g/mol. The lowest BCUT2D eigenvalue weighted by atomic mass is 9.97. The Kier molecular flexibility index (Phi) is 4.75. The lowest BCUT2D eigenvalue weighted by Gasteiger charge is -2.16. The van der Waals surface area contributed by atoms with Gasteiger partial charge in [0.05, 0.1) is 0 Å². The number of nitrogens with two attached hydrogens (primary N) is 1. The fraction of sp³-hybridized carbons (Fsp3) is 0.538. The van der Waals surface area contributed by atoms with Gasteiger partial charge in [-0.25, -0.2) is 4.39 Å². The van der Waals surface area contributed by atoms with Gasteiger partial charge in [-0.3, -0.25) is 0 Å². The van der Waals surface area contributed by atoms with Crippen LogP contribution in [-0.2, 0) is 12.1 Å². The normalized spacial score (nSPS) is 11.8. The maximum Gasteiger partial charge on any atom is 0.130 e. The Morgan fingerprint density at radius 1 is 1.31 bits per heavy atom. The van der Waals surface area contributed by atoms with Crippen LogP contribution in [0.3, 0.4) is 0 Å². The number of halogens is 2. The van der Waals surface area contributed by atoms with Gasteiger partial charge in [-0.1, -0.05) is 23.7 Å². The molecule has 0 aliphatic carbocycles. The summed E-state index contributed by atoms with van der Waals surface area (Å²) in [4.78, 5) is 0. The average molecular weight is 244 g/mol. The Morgan fingerprint density at radius 2 is 2.00 bits per heavy atom. The number of aryl methyl sites for hydroxylation is 1. The molecule has 1 nitrogen and oxygen atoms in total. The molecule has 0 aliphatic rings. The summed E-state index contributed by atoms with van der Waals surface area (Å²) in [6, 6.07) is 5.44. The van der Waals surface area contributed by atoms with E-state index in [1.165, 1.54) is 13.8 Å². The van der Waals surface area contributed by atoms with Crippen LogP contribution in [0.4, 0.5) is 4.39 Å². The van der Waals surface area contributed by atoms with E-state index in [1.54, 1.807) is 6.07 Å². The SMILES string of the molecule is CC(C)(F)c1ccc(CCCCN)c(Cl)c1. The van der Waals surface area contributed by atoms with E-state index in [0.29, 0.717) is 17.1 Å². The van der Waals surface area contributed by atoms with E-state index in [2.05, 4.69) is 0 Å². The molecular formula is C13H19ClFN. The van der Waals surface area contributed by atoms with Crippen molar-refractivity contribution in [3.63, 3.8) is 0 Å². The van der Waals surface area contributed by atoms with Crippen LogP contribution in [0.2, 0.25) is 5.02 Å². The van der Waals surface area contributed by atoms with Crippen molar-refractivity contribution in [2.24, 2.45) is 5.73 Å². The number of rotatable bonds is 5. The molecule has 0 saturated carbocycles. The standard InChI is InChI=1S/C13H19ClFN/c1-13(2,15)11-7-6-10(12(14)9-11)5-3-4-8-16/h6-7,9H,3-5,8,16H2,1-2H3. The number of hydrogen-bond donors (Lipinski definition) is 1. The van der Waals surface area contributed by atoms with Gasteiger partial charge in [0.15, 0.2) is 0 Å². The van der Waals surface area contributed by atoms with Gasteiger partial charge in [0.25, 0.3) is 0 Å². The largest absolute Gasteiger partial charge is 0.330 e. The van der Waals surface area contributed by atoms with Crippen molar-refractivity contribution in [1.82, 2.24) is 0 Å². The Balaban J connectivity index is 2.76. The van der Waals surface area contributed by atoms with Crippen molar-refractivity contribution >= 4 is 11.6 Å². The van der Waals surface area contributed by atoms with Gasteiger partial charge < -0.3 is 5.73 Å². The molecule has 0 unspecified atom stereocenters. The molecule has 0 radical (unpaired) electrons. The van der Waals surface area contributed by atoms with Gasteiger partial charge in [-0.2, -0.15) is 0 Å². The van der Waals surface area contributed by atoms with Crippen LogP contribution in [0.5, 0.6) is 0 Å². The van der Waals surface area contributed by atoms with Crippen LogP contribution in [0.1, 0.15) is 37.8 Å². The molecule has 2 N–H and O–H groups in total. The lowest BCUT2D eigenvalue weighted by molar-refractivity contribution is 0.221. The van der Waals surface area contributed by atoms with E-state index >= 15 is 0 Å². The van der Waals surface area contributed by atoms with Crippen LogP contribution in [0, 0.1) is 0 Å². The fourth-order valence-electron chi connectivity index (χ4n) is 1.58. The molecule has 0 aliphatic heterocycles. The molecule has 0 spiro atoms. The minimum Gasteiger partial charge on any atom is -0.330 e. The molecule has 0 saturated heterocycles. The van der Waals surface area contributed by atoms with Gasteiger partial charge in [-0.05, 0) is 56.8 Å². The first kappa shape index (κ1) is 13.5. The molecule has 1 rings (SSSR count). The molecule has 90 valence electrons. The first-order chi connectivity index (χ1) is 7.45. The highest BCUT2D eigenvalue weighted by Crippen LogP contribution is 2.29. The average Bonchev–Trinajstić information content (AvgIpc) is 2.19. The number of benzene rings is 1. The predicted molar refractivity (Wildman–Crippen MR) is 67.6 cm³/mol. The van der Waals surface area contributed by atoms with Crippen LogP contribution >= 0.6 is 11.6 Å². The fourth-order valence-corrected chi connectivity index (χ4v) is 1.85. The zero-order valence-electron chi connectivity index (χ0n) is 9.89. The summed E-state index contributed by atoms with van der Waals surface area (Å²) in [5.41, 5.74) is 5.79. The minimum atomic E-state index is -1.33. The van der Waals surface area contributed by atoms with Gasteiger partial charge >= 0.3 is 0 Å². The van der Waals surface area contributed by atoms with E-state index in [4.69, 9.17) is 17.3 Å². The Bertz CT molecular complexity index is 344. The van der Waals surface area contributed by atoms with Crippen LogP contribution in [0.15, 0.2) is 18.2 Å². The van der Waals surface area contributed by atoms with E-state index in [1.807, 2.05) is 12.1 Å². The summed E-state index contributed by atoms with van der Waals surface area (Å²) in [7, 11) is 0. The quantitative estimate of drug-likeness (QED) is 0.782. The van der Waals surface area contributed by atoms with Gasteiger partial charge in [-0.15, -0.1) is 0 Å². The predicted octanol–water partition coefficient (Wildman–Crippen LogP) is 3.83. The van der Waals surface area contributed by atoms with Crippen LogP contribution in [0.25, 0.3) is 0 Å². The summed E-state index contributed by atoms with van der Waals surface area (Å²) in [5, 5.41) is 0.653. The summed E-state index contributed by atoms with van der Waals surface area (Å²) in [5.74, 6) is 0. The maximum absolute atomic E-state index is 13.7. The second kappa shape index (κ2) is 5.65. The highest BCUT2D eigenvalue weighted by atomic mass is 35.5. The second-order valence-corrected chi connectivity index (χ2v) is 4.93. The third kappa shape index (κ3) is 3.76. The third-order valence-corrected chi connectivity index (χ3v) is 2.99. The van der Waals surface area contributed by atoms with Crippen molar-refractivity contribution in [1.29, 1.82) is 0 Å². The first-order valence-corrected chi connectivity index (χ1v) is 6.01. The molecule has 0 bridgehead atoms. The van der Waals surface area contributed by atoms with E-state index in [-0.39, 0.29) is 0 Å². The maximum atomic E-state index is 13.7. The molecule has 0 heterocycles. The lowest BCUT2D eigenvalue weighted by Crippen LogP contribution is -2.09. The van der Waals surface area contributed by atoms with Gasteiger partial charge in [0, 0.05) is 5.02 Å². The number of hydrogen-bond acceptors (Lipinski definition) is 1. The smallest absolute Gasteiger partial charge is 0.130 e. The molecule has 0 atom stereocenters. The van der Waals surface area contributed by atoms with Crippen molar-refractivity contribution in [2.75, 3.05) is 6.54 Å². The molecule has 16 heavy (non-hydrogen) atoms. The van der Waals surface area contributed by atoms with Crippen LogP contribution in [-0.4, -0.2) is 6.54 Å². The molecule has 0 aromatic heterocycles. The Hall–Kier alpha value is -0.600. The molecule has 0 amide bonds. The zero-order valence-corrected chi connectivity index (χ0v) is 10.6. The van der Waals surface area contributed by atoms with Crippen LogP contribution < -0.4 is 5.73 Å². The summed E-state index contributed by atoms with van der Waals surface area (Å²) in [6.45, 7) is 3.77. The zero-order chi connectivity index (χ0) is 12.2. The molecule has 1 aromatic rings. The molecular weight excluding hydrogens is 225 g/mol. The van der Waals surface area contributed by atoms with Gasteiger partial charge in [0.1, 0.15) is 5.67 Å². The van der Waals surface area contributed by atoms with E-state index < -0.39 is 5.67 Å². The first-order valence-electron chi connectivity index (χ1n) is 5.63. The summed E-state index contributed by atoms with van der Waals surface area (Å²) < 4.78 is 13.7. The third-order valence-electron chi connectivity index (χ3n) is 2.64. The van der Waals surface area contributed by atoms with Crippen molar-refractivity contribution < 1.29 is 4.39 Å².